The molecule has 0 unspecified atom stereocenters. The highest BCUT2D eigenvalue weighted by Crippen LogP contribution is 2.32. The maximum absolute atomic E-state index is 13.5. The third-order valence-electron chi connectivity index (χ3n) is 6.04. The number of amides is 1. The van der Waals surface area contributed by atoms with Crippen LogP contribution >= 0.6 is 11.6 Å². The third kappa shape index (κ3) is 5.05. The minimum absolute atomic E-state index is 0.0846. The van der Waals surface area contributed by atoms with E-state index in [1.807, 2.05) is 13.0 Å². The summed E-state index contributed by atoms with van der Waals surface area (Å²) in [5, 5.41) is 3.20. The van der Waals surface area contributed by atoms with E-state index in [1.165, 1.54) is 36.4 Å². The Hall–Kier alpha value is -3.03. The number of hydrogen-bond donors (Lipinski definition) is 1. The molecule has 1 amide bonds. The zero-order valence-corrected chi connectivity index (χ0v) is 20.7. The van der Waals surface area contributed by atoms with Crippen molar-refractivity contribution in [3.05, 3.63) is 88.4 Å². The molecule has 178 valence electrons. The SMILES string of the molecule is COc1ccc(N(CC(=O)N[C@@H](C)c2ccc3c(c2)CCC3)S(=O)(=O)c2ccccc2)cc1Cl. The molecule has 0 radical (unpaired) electrons. The Morgan fingerprint density at radius 3 is 2.50 bits per heavy atom. The van der Waals surface area contributed by atoms with Crippen LogP contribution in [-0.2, 0) is 27.7 Å². The second-order valence-corrected chi connectivity index (χ2v) is 10.6. The van der Waals surface area contributed by atoms with Crippen LogP contribution in [0.3, 0.4) is 0 Å². The molecule has 8 heteroatoms. The van der Waals surface area contributed by atoms with E-state index in [0.29, 0.717) is 5.75 Å². The lowest BCUT2D eigenvalue weighted by Crippen LogP contribution is -2.41. The smallest absolute Gasteiger partial charge is 0.264 e. The maximum Gasteiger partial charge on any atom is 0.264 e. The van der Waals surface area contributed by atoms with Crippen LogP contribution in [-0.4, -0.2) is 28.0 Å². The van der Waals surface area contributed by atoms with Gasteiger partial charge in [-0.1, -0.05) is 48.0 Å². The van der Waals surface area contributed by atoms with Gasteiger partial charge in [0.15, 0.2) is 0 Å². The number of aryl methyl sites for hydroxylation is 2. The van der Waals surface area contributed by atoms with E-state index in [-0.39, 0.29) is 21.6 Å². The molecular weight excluding hydrogens is 472 g/mol. The van der Waals surface area contributed by atoms with Gasteiger partial charge in [0.2, 0.25) is 5.91 Å². The first-order chi connectivity index (χ1) is 16.3. The summed E-state index contributed by atoms with van der Waals surface area (Å²) < 4.78 is 33.2. The molecule has 1 atom stereocenters. The first-order valence-electron chi connectivity index (χ1n) is 11.1. The monoisotopic (exact) mass is 498 g/mol. The molecule has 4 rings (SSSR count). The number of sulfonamides is 1. The predicted octanol–water partition coefficient (Wildman–Crippen LogP) is 4.91. The van der Waals surface area contributed by atoms with Crippen molar-refractivity contribution in [2.75, 3.05) is 18.0 Å². The second-order valence-electron chi connectivity index (χ2n) is 8.31. The number of methoxy groups -OCH3 is 1. The normalized spacial score (nSPS) is 13.7. The maximum atomic E-state index is 13.5. The molecule has 0 saturated carbocycles. The van der Waals surface area contributed by atoms with Crippen LogP contribution in [0.25, 0.3) is 0 Å². The average Bonchev–Trinajstić information content (AvgIpc) is 3.31. The van der Waals surface area contributed by atoms with Crippen LogP contribution in [0.4, 0.5) is 5.69 Å². The molecule has 3 aromatic carbocycles. The number of hydrogen-bond acceptors (Lipinski definition) is 4. The van der Waals surface area contributed by atoms with Crippen molar-refractivity contribution in [3.8, 4) is 5.75 Å². The number of halogens is 1. The largest absolute Gasteiger partial charge is 0.495 e. The number of anilines is 1. The van der Waals surface area contributed by atoms with Crippen molar-refractivity contribution in [1.29, 1.82) is 0 Å². The Bertz CT molecular complexity index is 1300. The van der Waals surface area contributed by atoms with Crippen molar-refractivity contribution < 1.29 is 17.9 Å². The number of benzene rings is 3. The van der Waals surface area contributed by atoms with E-state index in [1.54, 1.807) is 30.3 Å². The van der Waals surface area contributed by atoms with E-state index in [4.69, 9.17) is 16.3 Å². The Balaban J connectivity index is 1.60. The molecule has 1 aliphatic carbocycles. The van der Waals surface area contributed by atoms with E-state index < -0.39 is 22.5 Å². The van der Waals surface area contributed by atoms with Gasteiger partial charge in [0.05, 0.1) is 28.8 Å². The van der Waals surface area contributed by atoms with Gasteiger partial charge in [0, 0.05) is 0 Å². The van der Waals surface area contributed by atoms with Crippen molar-refractivity contribution in [3.63, 3.8) is 0 Å². The number of nitrogens with zero attached hydrogens (tertiary/aromatic N) is 1. The summed E-state index contributed by atoms with van der Waals surface area (Å²) >= 11 is 6.27. The highest BCUT2D eigenvalue weighted by Gasteiger charge is 2.28. The molecule has 0 saturated heterocycles. The fourth-order valence-electron chi connectivity index (χ4n) is 4.21. The number of fused-ring (bicyclic) bond motifs is 1. The van der Waals surface area contributed by atoms with Crippen LogP contribution in [0.5, 0.6) is 5.75 Å². The van der Waals surface area contributed by atoms with E-state index in [0.717, 1.165) is 29.1 Å². The first kappa shape index (κ1) is 24.1. The van der Waals surface area contributed by atoms with Gasteiger partial charge in [-0.05, 0) is 73.2 Å². The summed E-state index contributed by atoms with van der Waals surface area (Å²) in [6.07, 6.45) is 3.29. The van der Waals surface area contributed by atoms with E-state index in [9.17, 15) is 13.2 Å². The summed E-state index contributed by atoms with van der Waals surface area (Å²) in [6.45, 7) is 1.50. The van der Waals surface area contributed by atoms with Crippen molar-refractivity contribution in [2.45, 2.75) is 37.1 Å². The molecule has 3 aromatic rings. The Kier molecular flexibility index (Phi) is 7.14. The minimum Gasteiger partial charge on any atom is -0.495 e. The molecule has 0 fully saturated rings. The molecule has 0 spiro atoms. The van der Waals surface area contributed by atoms with E-state index in [2.05, 4.69) is 17.4 Å². The number of rotatable bonds is 8. The molecule has 0 bridgehead atoms. The second kappa shape index (κ2) is 10.1. The van der Waals surface area contributed by atoms with Gasteiger partial charge < -0.3 is 10.1 Å². The molecular formula is C26H27ClN2O4S. The van der Waals surface area contributed by atoms with Crippen molar-refractivity contribution in [2.24, 2.45) is 0 Å². The van der Waals surface area contributed by atoms with Crippen molar-refractivity contribution in [1.82, 2.24) is 5.32 Å². The zero-order chi connectivity index (χ0) is 24.3. The zero-order valence-electron chi connectivity index (χ0n) is 19.1. The molecule has 34 heavy (non-hydrogen) atoms. The fourth-order valence-corrected chi connectivity index (χ4v) is 5.89. The van der Waals surface area contributed by atoms with Crippen LogP contribution in [0, 0.1) is 0 Å². The topological polar surface area (TPSA) is 75.7 Å². The molecule has 0 heterocycles. The van der Waals surface area contributed by atoms with Crippen LogP contribution < -0.4 is 14.4 Å². The summed E-state index contributed by atoms with van der Waals surface area (Å²) in [5.74, 6) is -0.00314. The van der Waals surface area contributed by atoms with Gasteiger partial charge in [-0.15, -0.1) is 0 Å². The van der Waals surface area contributed by atoms with Gasteiger partial charge in [-0.25, -0.2) is 8.42 Å². The Morgan fingerprint density at radius 2 is 1.79 bits per heavy atom. The number of nitrogens with one attached hydrogen (secondary N) is 1. The highest BCUT2D eigenvalue weighted by molar-refractivity contribution is 7.92. The highest BCUT2D eigenvalue weighted by atomic mass is 35.5. The van der Waals surface area contributed by atoms with Gasteiger partial charge in [-0.3, -0.25) is 9.10 Å². The van der Waals surface area contributed by atoms with Gasteiger partial charge in [0.25, 0.3) is 10.0 Å². The quantitative estimate of drug-likeness (QED) is 0.478. The number of carbonyl (C=O) groups excluding carboxylic acids is 1. The van der Waals surface area contributed by atoms with Gasteiger partial charge in [-0.2, -0.15) is 0 Å². The molecule has 1 N–H and O–H groups in total. The Morgan fingerprint density at radius 1 is 1.06 bits per heavy atom. The summed E-state index contributed by atoms with van der Waals surface area (Å²) in [4.78, 5) is 13.1. The summed E-state index contributed by atoms with van der Waals surface area (Å²) in [6, 6.07) is 18.7. The van der Waals surface area contributed by atoms with Gasteiger partial charge in [0.1, 0.15) is 12.3 Å². The molecule has 6 nitrogen and oxygen atoms in total. The predicted molar refractivity (Wildman–Crippen MR) is 134 cm³/mol. The Labute approximate surface area is 205 Å². The summed E-state index contributed by atoms with van der Waals surface area (Å²) in [7, 11) is -2.54. The third-order valence-corrected chi connectivity index (χ3v) is 8.13. The molecule has 0 aliphatic heterocycles. The lowest BCUT2D eigenvalue weighted by atomic mass is 10.0. The lowest BCUT2D eigenvalue weighted by Gasteiger charge is -2.25. The lowest BCUT2D eigenvalue weighted by molar-refractivity contribution is -0.120. The average molecular weight is 499 g/mol. The van der Waals surface area contributed by atoms with Crippen LogP contribution in [0.2, 0.25) is 5.02 Å². The summed E-state index contributed by atoms with van der Waals surface area (Å²) in [5.41, 5.74) is 3.95. The fraction of sp³-hybridized carbons (Fsp3) is 0.269. The van der Waals surface area contributed by atoms with Crippen LogP contribution in [0.15, 0.2) is 71.6 Å². The number of carbonyl (C=O) groups is 1. The van der Waals surface area contributed by atoms with Crippen molar-refractivity contribution >= 4 is 33.2 Å². The van der Waals surface area contributed by atoms with Gasteiger partial charge >= 0.3 is 0 Å². The molecule has 1 aliphatic rings. The standard InChI is InChI=1S/C26H27ClN2O4S/c1-18(20-12-11-19-7-6-8-21(19)15-20)28-26(30)17-29(22-13-14-25(33-2)24(27)16-22)34(31,32)23-9-4-3-5-10-23/h3-5,9-16,18H,6-8,17H2,1-2H3,(H,28,30)/t18-/m0/s1. The van der Waals surface area contributed by atoms with Crippen LogP contribution in [0.1, 0.15) is 36.1 Å². The number of ether oxygens (including phenoxy) is 1. The first-order valence-corrected chi connectivity index (χ1v) is 12.9. The van der Waals surface area contributed by atoms with E-state index >= 15 is 0 Å². The minimum atomic E-state index is -4.02. The molecule has 0 aromatic heterocycles.